The zero-order valence-electron chi connectivity index (χ0n) is 8.60. The summed E-state index contributed by atoms with van der Waals surface area (Å²) in [5, 5.41) is 0. The van der Waals surface area contributed by atoms with Gasteiger partial charge in [0.1, 0.15) is 21.4 Å². The standard InChI is InChI=1S/C9H12N2O3S/c1-7-10-5-3-8(11-7)9(12)4-6-15(2,13)14/h3,5H,4,6H2,1-2H3. The molecule has 0 bridgehead atoms. The largest absolute Gasteiger partial charge is 0.292 e. The molecule has 0 fully saturated rings. The maximum absolute atomic E-state index is 11.5. The third kappa shape index (κ3) is 4.16. The number of hydrogen-bond acceptors (Lipinski definition) is 5. The average Bonchev–Trinajstić information content (AvgIpc) is 2.13. The van der Waals surface area contributed by atoms with Crippen LogP contribution >= 0.6 is 0 Å². The van der Waals surface area contributed by atoms with Gasteiger partial charge in [0.15, 0.2) is 5.78 Å². The molecule has 0 aliphatic carbocycles. The molecule has 1 rings (SSSR count). The van der Waals surface area contributed by atoms with Crippen molar-refractivity contribution >= 4 is 15.6 Å². The van der Waals surface area contributed by atoms with Crippen molar-refractivity contribution in [3.63, 3.8) is 0 Å². The molecule has 0 atom stereocenters. The van der Waals surface area contributed by atoms with Crippen LogP contribution in [0.2, 0.25) is 0 Å². The Morgan fingerprint density at radius 1 is 1.47 bits per heavy atom. The molecule has 0 unspecified atom stereocenters. The number of sulfone groups is 1. The molecule has 0 N–H and O–H groups in total. The first-order valence-corrected chi connectivity index (χ1v) is 6.45. The number of carbonyl (C=O) groups excluding carboxylic acids is 1. The summed E-state index contributed by atoms with van der Waals surface area (Å²) in [7, 11) is -3.10. The van der Waals surface area contributed by atoms with Crippen LogP contribution < -0.4 is 0 Å². The highest BCUT2D eigenvalue weighted by atomic mass is 32.2. The van der Waals surface area contributed by atoms with Crippen molar-refractivity contribution in [2.24, 2.45) is 0 Å². The monoisotopic (exact) mass is 228 g/mol. The Morgan fingerprint density at radius 3 is 2.67 bits per heavy atom. The molecule has 0 aliphatic heterocycles. The third-order valence-corrected chi connectivity index (χ3v) is 2.71. The van der Waals surface area contributed by atoms with Gasteiger partial charge in [-0.2, -0.15) is 0 Å². The second-order valence-electron chi connectivity index (χ2n) is 3.29. The number of Topliss-reactive ketones (excluding diaryl/α,β-unsaturated/α-hetero) is 1. The topological polar surface area (TPSA) is 77.0 Å². The average molecular weight is 228 g/mol. The van der Waals surface area contributed by atoms with Crippen molar-refractivity contribution in [2.45, 2.75) is 13.3 Å². The molecule has 15 heavy (non-hydrogen) atoms. The molecule has 1 heterocycles. The molecule has 0 aromatic carbocycles. The van der Waals surface area contributed by atoms with E-state index in [-0.39, 0.29) is 23.7 Å². The summed E-state index contributed by atoms with van der Waals surface area (Å²) in [6, 6.07) is 1.48. The van der Waals surface area contributed by atoms with E-state index < -0.39 is 9.84 Å². The summed E-state index contributed by atoms with van der Waals surface area (Å²) in [6.45, 7) is 1.67. The van der Waals surface area contributed by atoms with E-state index in [4.69, 9.17) is 0 Å². The number of nitrogens with zero attached hydrogens (tertiary/aromatic N) is 2. The first kappa shape index (κ1) is 11.8. The highest BCUT2D eigenvalue weighted by molar-refractivity contribution is 7.90. The lowest BCUT2D eigenvalue weighted by Gasteiger charge is -1.99. The fourth-order valence-corrected chi connectivity index (χ4v) is 1.57. The van der Waals surface area contributed by atoms with Crippen molar-refractivity contribution in [1.82, 2.24) is 9.97 Å². The van der Waals surface area contributed by atoms with Gasteiger partial charge >= 0.3 is 0 Å². The minimum atomic E-state index is -3.10. The molecule has 6 heteroatoms. The third-order valence-electron chi connectivity index (χ3n) is 1.76. The number of aryl methyl sites for hydroxylation is 1. The normalized spacial score (nSPS) is 11.3. The van der Waals surface area contributed by atoms with E-state index in [1.54, 1.807) is 6.92 Å². The summed E-state index contributed by atoms with van der Waals surface area (Å²) >= 11 is 0. The lowest BCUT2D eigenvalue weighted by atomic mass is 10.2. The first-order chi connectivity index (χ1) is 6.88. The fraction of sp³-hybridized carbons (Fsp3) is 0.444. The van der Waals surface area contributed by atoms with Gasteiger partial charge in [0.25, 0.3) is 0 Å². The Bertz CT molecular complexity index is 468. The number of rotatable bonds is 4. The van der Waals surface area contributed by atoms with Gasteiger partial charge in [-0.3, -0.25) is 4.79 Å². The van der Waals surface area contributed by atoms with E-state index in [2.05, 4.69) is 9.97 Å². The maximum Gasteiger partial charge on any atom is 0.182 e. The van der Waals surface area contributed by atoms with Crippen LogP contribution in [0.5, 0.6) is 0 Å². The second-order valence-corrected chi connectivity index (χ2v) is 5.55. The van der Waals surface area contributed by atoms with Crippen LogP contribution in [-0.2, 0) is 9.84 Å². The highest BCUT2D eigenvalue weighted by Gasteiger charge is 2.11. The number of hydrogen-bond donors (Lipinski definition) is 0. The summed E-state index contributed by atoms with van der Waals surface area (Å²) in [5.74, 6) is 0.0839. The van der Waals surface area contributed by atoms with Crippen molar-refractivity contribution in [3.05, 3.63) is 23.8 Å². The van der Waals surface area contributed by atoms with Gasteiger partial charge in [0, 0.05) is 18.9 Å². The zero-order chi connectivity index (χ0) is 11.5. The van der Waals surface area contributed by atoms with Gasteiger partial charge in [-0.05, 0) is 13.0 Å². The number of carbonyl (C=O) groups is 1. The van der Waals surface area contributed by atoms with Gasteiger partial charge in [0.05, 0.1) is 5.75 Å². The Hall–Kier alpha value is -1.30. The van der Waals surface area contributed by atoms with Gasteiger partial charge in [-0.15, -0.1) is 0 Å². The zero-order valence-corrected chi connectivity index (χ0v) is 9.41. The predicted molar refractivity (Wildman–Crippen MR) is 55.4 cm³/mol. The van der Waals surface area contributed by atoms with Gasteiger partial charge in [-0.1, -0.05) is 0 Å². The van der Waals surface area contributed by atoms with Crippen LogP contribution in [0.1, 0.15) is 22.7 Å². The number of aromatic nitrogens is 2. The molecule has 0 spiro atoms. The van der Waals surface area contributed by atoms with Crippen molar-refractivity contribution in [3.8, 4) is 0 Å². The summed E-state index contributed by atoms with van der Waals surface area (Å²) < 4.78 is 21.7. The Labute approximate surface area is 88.5 Å². The van der Waals surface area contributed by atoms with E-state index >= 15 is 0 Å². The van der Waals surface area contributed by atoms with Crippen LogP contribution in [0.4, 0.5) is 0 Å². The van der Waals surface area contributed by atoms with Crippen LogP contribution in [0.3, 0.4) is 0 Å². The maximum atomic E-state index is 11.5. The van der Waals surface area contributed by atoms with Crippen molar-refractivity contribution in [2.75, 3.05) is 12.0 Å². The van der Waals surface area contributed by atoms with E-state index in [9.17, 15) is 13.2 Å². The summed E-state index contributed by atoms with van der Waals surface area (Å²) in [6.07, 6.45) is 2.55. The molecular weight excluding hydrogens is 216 g/mol. The predicted octanol–water partition coefficient (Wildman–Crippen LogP) is 0.402. The summed E-state index contributed by atoms with van der Waals surface area (Å²) in [5.41, 5.74) is 0.270. The van der Waals surface area contributed by atoms with E-state index in [0.717, 1.165) is 6.26 Å². The Kier molecular flexibility index (Phi) is 3.52. The van der Waals surface area contributed by atoms with E-state index in [1.165, 1.54) is 12.3 Å². The summed E-state index contributed by atoms with van der Waals surface area (Å²) in [4.78, 5) is 19.3. The molecule has 82 valence electrons. The molecule has 0 amide bonds. The van der Waals surface area contributed by atoms with Gasteiger partial charge in [0.2, 0.25) is 0 Å². The van der Waals surface area contributed by atoms with Gasteiger partial charge in [-0.25, -0.2) is 18.4 Å². The van der Waals surface area contributed by atoms with Crippen LogP contribution in [0.15, 0.2) is 12.3 Å². The SMILES string of the molecule is Cc1nccc(C(=O)CCS(C)(=O)=O)n1. The first-order valence-electron chi connectivity index (χ1n) is 4.39. The van der Waals surface area contributed by atoms with Gasteiger partial charge < -0.3 is 0 Å². The molecular formula is C9H12N2O3S. The highest BCUT2D eigenvalue weighted by Crippen LogP contribution is 2.01. The van der Waals surface area contributed by atoms with Crippen LogP contribution in [0.25, 0.3) is 0 Å². The van der Waals surface area contributed by atoms with E-state index in [1.807, 2.05) is 0 Å². The molecule has 0 saturated heterocycles. The van der Waals surface area contributed by atoms with Crippen LogP contribution in [-0.4, -0.2) is 36.2 Å². The molecule has 1 aromatic rings. The van der Waals surface area contributed by atoms with Crippen molar-refractivity contribution < 1.29 is 13.2 Å². The quantitative estimate of drug-likeness (QED) is 0.697. The molecule has 0 saturated carbocycles. The minimum Gasteiger partial charge on any atom is -0.292 e. The van der Waals surface area contributed by atoms with Crippen molar-refractivity contribution in [1.29, 1.82) is 0 Å². The molecule has 0 aliphatic rings. The number of ketones is 1. The fourth-order valence-electron chi connectivity index (χ4n) is 1.02. The smallest absolute Gasteiger partial charge is 0.182 e. The minimum absolute atomic E-state index is 0.0325. The molecule has 1 aromatic heterocycles. The second kappa shape index (κ2) is 4.48. The lowest BCUT2D eigenvalue weighted by Crippen LogP contribution is -2.11. The molecule has 5 nitrogen and oxygen atoms in total. The lowest BCUT2D eigenvalue weighted by molar-refractivity contribution is 0.0983. The van der Waals surface area contributed by atoms with Crippen LogP contribution in [0, 0.1) is 6.92 Å². The Balaban J connectivity index is 2.70. The Morgan fingerprint density at radius 2 is 2.13 bits per heavy atom. The molecule has 0 radical (unpaired) electrons. The van der Waals surface area contributed by atoms with E-state index in [0.29, 0.717) is 5.82 Å².